The van der Waals surface area contributed by atoms with Gasteiger partial charge in [0.15, 0.2) is 0 Å². The maximum absolute atomic E-state index is 5.16. The van der Waals surface area contributed by atoms with Gasteiger partial charge < -0.3 is 15.0 Å². The summed E-state index contributed by atoms with van der Waals surface area (Å²) in [6, 6.07) is 11.1. The van der Waals surface area contributed by atoms with Crippen molar-refractivity contribution < 1.29 is 4.74 Å². The molecule has 114 valence electrons. The van der Waals surface area contributed by atoms with Crippen molar-refractivity contribution in [3.63, 3.8) is 0 Å². The van der Waals surface area contributed by atoms with E-state index in [9.17, 15) is 0 Å². The van der Waals surface area contributed by atoms with Gasteiger partial charge >= 0.3 is 0 Å². The maximum atomic E-state index is 5.16. The fourth-order valence-corrected chi connectivity index (χ4v) is 2.81. The topological polar surface area (TPSA) is 24.5 Å². The van der Waals surface area contributed by atoms with Gasteiger partial charge in [-0.15, -0.1) is 0 Å². The van der Waals surface area contributed by atoms with Crippen LogP contribution in [0, 0.1) is 5.41 Å². The molecule has 1 unspecified atom stereocenters. The van der Waals surface area contributed by atoms with E-state index < -0.39 is 0 Å². The van der Waals surface area contributed by atoms with Crippen LogP contribution in [0.25, 0.3) is 0 Å². The molecule has 0 aliphatic carbocycles. The Morgan fingerprint density at radius 3 is 2.45 bits per heavy atom. The number of hydrogen-bond acceptors (Lipinski definition) is 3. The summed E-state index contributed by atoms with van der Waals surface area (Å²) in [7, 11) is 3.92. The number of nitrogens with one attached hydrogen (secondary N) is 1. The highest BCUT2D eigenvalue weighted by Gasteiger charge is 2.31. The average Bonchev–Trinajstić information content (AvgIpc) is 2.42. The van der Waals surface area contributed by atoms with E-state index in [1.165, 1.54) is 5.56 Å². The SMILES string of the molecule is CCNC(c1ccccc1)C(C)(C)CN(C)CCOC. The van der Waals surface area contributed by atoms with E-state index >= 15 is 0 Å². The molecule has 3 heteroatoms. The van der Waals surface area contributed by atoms with Crippen molar-refractivity contribution in [2.45, 2.75) is 26.8 Å². The third-order valence-corrected chi connectivity index (χ3v) is 3.68. The minimum Gasteiger partial charge on any atom is -0.383 e. The van der Waals surface area contributed by atoms with Crippen LogP contribution in [0.15, 0.2) is 30.3 Å². The second-order valence-electron chi connectivity index (χ2n) is 6.12. The zero-order valence-electron chi connectivity index (χ0n) is 13.6. The minimum atomic E-state index is 0.153. The minimum absolute atomic E-state index is 0.153. The number of benzene rings is 1. The van der Waals surface area contributed by atoms with E-state index in [0.717, 1.165) is 26.2 Å². The van der Waals surface area contributed by atoms with E-state index in [0.29, 0.717) is 6.04 Å². The molecule has 20 heavy (non-hydrogen) atoms. The van der Waals surface area contributed by atoms with Gasteiger partial charge in [-0.2, -0.15) is 0 Å². The van der Waals surface area contributed by atoms with Crippen LogP contribution in [0.4, 0.5) is 0 Å². The van der Waals surface area contributed by atoms with Crippen LogP contribution in [0.5, 0.6) is 0 Å². The standard InChI is InChI=1S/C17H30N2O/c1-6-18-16(15-10-8-7-9-11-15)17(2,3)14-19(4)12-13-20-5/h7-11,16,18H,6,12-14H2,1-5H3. The van der Waals surface area contributed by atoms with Crippen LogP contribution < -0.4 is 5.32 Å². The van der Waals surface area contributed by atoms with Crippen molar-refractivity contribution in [1.29, 1.82) is 0 Å². The number of rotatable bonds is 9. The van der Waals surface area contributed by atoms with E-state index in [1.807, 2.05) is 0 Å². The molecular weight excluding hydrogens is 248 g/mol. The molecule has 0 spiro atoms. The summed E-state index contributed by atoms with van der Waals surface area (Å²) in [6.45, 7) is 10.6. The molecule has 0 aliphatic rings. The summed E-state index contributed by atoms with van der Waals surface area (Å²) in [5, 5.41) is 3.64. The average molecular weight is 278 g/mol. The van der Waals surface area contributed by atoms with Crippen molar-refractivity contribution >= 4 is 0 Å². The fourth-order valence-electron chi connectivity index (χ4n) is 2.81. The van der Waals surface area contributed by atoms with Gasteiger partial charge in [-0.25, -0.2) is 0 Å². The molecule has 0 aliphatic heterocycles. The molecule has 1 aromatic rings. The van der Waals surface area contributed by atoms with Crippen LogP contribution in [0.2, 0.25) is 0 Å². The molecule has 0 bridgehead atoms. The van der Waals surface area contributed by atoms with E-state index in [-0.39, 0.29) is 5.41 Å². The summed E-state index contributed by atoms with van der Waals surface area (Å²) >= 11 is 0. The zero-order chi connectivity index (χ0) is 15.0. The summed E-state index contributed by atoms with van der Waals surface area (Å²) in [5.74, 6) is 0. The molecule has 1 N–H and O–H groups in total. The first-order valence-electron chi connectivity index (χ1n) is 7.47. The molecule has 0 saturated carbocycles. The Balaban J connectivity index is 2.78. The van der Waals surface area contributed by atoms with Gasteiger partial charge in [0.25, 0.3) is 0 Å². The lowest BCUT2D eigenvalue weighted by Gasteiger charge is -2.38. The smallest absolute Gasteiger partial charge is 0.0589 e. The van der Waals surface area contributed by atoms with Crippen molar-refractivity contribution in [2.75, 3.05) is 40.4 Å². The normalized spacial score (nSPS) is 13.7. The Kier molecular flexibility index (Phi) is 7.20. The monoisotopic (exact) mass is 278 g/mol. The van der Waals surface area contributed by atoms with E-state index in [2.05, 4.69) is 68.4 Å². The van der Waals surface area contributed by atoms with Crippen molar-refractivity contribution in [1.82, 2.24) is 10.2 Å². The lowest BCUT2D eigenvalue weighted by atomic mass is 9.80. The van der Waals surface area contributed by atoms with Gasteiger partial charge in [0.1, 0.15) is 0 Å². The van der Waals surface area contributed by atoms with Crippen LogP contribution in [0.3, 0.4) is 0 Å². The van der Waals surface area contributed by atoms with Gasteiger partial charge in [0.05, 0.1) is 6.61 Å². The molecule has 1 atom stereocenters. The first kappa shape index (κ1) is 17.2. The zero-order valence-corrected chi connectivity index (χ0v) is 13.6. The number of ether oxygens (including phenoxy) is 1. The Morgan fingerprint density at radius 2 is 1.90 bits per heavy atom. The summed E-state index contributed by atoms with van der Waals surface area (Å²) in [4.78, 5) is 2.34. The molecule has 1 rings (SSSR count). The third kappa shape index (κ3) is 5.23. The molecule has 1 aromatic carbocycles. The second kappa shape index (κ2) is 8.40. The Hall–Kier alpha value is -0.900. The van der Waals surface area contributed by atoms with Crippen LogP contribution >= 0.6 is 0 Å². The molecule has 0 amide bonds. The van der Waals surface area contributed by atoms with Gasteiger partial charge in [-0.05, 0) is 24.6 Å². The highest BCUT2D eigenvalue weighted by molar-refractivity contribution is 5.21. The van der Waals surface area contributed by atoms with Crippen molar-refractivity contribution in [3.05, 3.63) is 35.9 Å². The maximum Gasteiger partial charge on any atom is 0.0589 e. The molecule has 0 radical (unpaired) electrons. The highest BCUT2D eigenvalue weighted by atomic mass is 16.5. The molecule has 3 nitrogen and oxygen atoms in total. The van der Waals surface area contributed by atoms with Crippen molar-refractivity contribution in [3.8, 4) is 0 Å². The fraction of sp³-hybridized carbons (Fsp3) is 0.647. The highest BCUT2D eigenvalue weighted by Crippen LogP contribution is 2.33. The quantitative estimate of drug-likeness (QED) is 0.751. The molecular formula is C17H30N2O. The number of hydrogen-bond donors (Lipinski definition) is 1. The van der Waals surface area contributed by atoms with Crippen LogP contribution in [0.1, 0.15) is 32.4 Å². The summed E-state index contributed by atoms with van der Waals surface area (Å²) in [6.07, 6.45) is 0. The number of nitrogens with zero attached hydrogens (tertiary/aromatic N) is 1. The first-order chi connectivity index (χ1) is 9.51. The lowest BCUT2D eigenvalue weighted by Crippen LogP contribution is -2.42. The molecule has 0 heterocycles. The third-order valence-electron chi connectivity index (χ3n) is 3.68. The van der Waals surface area contributed by atoms with E-state index in [4.69, 9.17) is 4.74 Å². The Bertz CT molecular complexity index is 365. The largest absolute Gasteiger partial charge is 0.383 e. The van der Waals surface area contributed by atoms with Crippen LogP contribution in [-0.4, -0.2) is 45.3 Å². The van der Waals surface area contributed by atoms with E-state index in [1.54, 1.807) is 7.11 Å². The second-order valence-corrected chi connectivity index (χ2v) is 6.12. The summed E-state index contributed by atoms with van der Waals surface area (Å²) < 4.78 is 5.16. The molecule has 0 saturated heterocycles. The van der Waals surface area contributed by atoms with Gasteiger partial charge in [0.2, 0.25) is 0 Å². The lowest BCUT2D eigenvalue weighted by molar-refractivity contribution is 0.117. The first-order valence-corrected chi connectivity index (χ1v) is 7.47. The number of likely N-dealkylation sites (N-methyl/N-ethyl adjacent to an activating group) is 1. The summed E-state index contributed by atoms with van der Waals surface area (Å²) in [5.41, 5.74) is 1.51. The Morgan fingerprint density at radius 1 is 1.25 bits per heavy atom. The van der Waals surface area contributed by atoms with Gasteiger partial charge in [0, 0.05) is 26.2 Å². The van der Waals surface area contributed by atoms with Gasteiger partial charge in [-0.1, -0.05) is 51.1 Å². The molecule has 0 aromatic heterocycles. The predicted molar refractivity (Wildman–Crippen MR) is 86.0 cm³/mol. The van der Waals surface area contributed by atoms with Crippen molar-refractivity contribution in [2.24, 2.45) is 5.41 Å². The van der Waals surface area contributed by atoms with Gasteiger partial charge in [-0.3, -0.25) is 0 Å². The predicted octanol–water partition coefficient (Wildman–Crippen LogP) is 2.94. The van der Waals surface area contributed by atoms with Crippen LogP contribution in [-0.2, 0) is 4.74 Å². The molecule has 0 fully saturated rings. The Labute approximate surface area is 124 Å². The number of methoxy groups -OCH3 is 1.